The highest BCUT2D eigenvalue weighted by Crippen LogP contribution is 2.44. The van der Waals surface area contributed by atoms with E-state index in [1.165, 1.54) is 0 Å². The zero-order valence-corrected chi connectivity index (χ0v) is 16.9. The van der Waals surface area contributed by atoms with Gasteiger partial charge in [-0.2, -0.15) is 0 Å². The van der Waals surface area contributed by atoms with Crippen LogP contribution in [0.3, 0.4) is 0 Å². The van der Waals surface area contributed by atoms with Gasteiger partial charge in [-0.1, -0.05) is 0 Å². The maximum absolute atomic E-state index is 6.35. The number of pyridine rings is 2. The fourth-order valence-corrected chi connectivity index (χ4v) is 4.63. The number of aromatic nitrogens is 3. The molecule has 156 valence electrons. The van der Waals surface area contributed by atoms with Crippen molar-refractivity contribution in [2.75, 3.05) is 38.8 Å². The molecule has 2 fully saturated rings. The van der Waals surface area contributed by atoms with E-state index in [1.54, 1.807) is 6.20 Å². The molecule has 6 heterocycles. The number of rotatable bonds is 3. The molecule has 2 saturated heterocycles. The molecule has 3 aromatic heterocycles. The maximum Gasteiger partial charge on any atom is 0.145 e. The van der Waals surface area contributed by atoms with Crippen molar-refractivity contribution >= 4 is 16.7 Å². The first-order chi connectivity index (χ1) is 14.6. The molecular formula is C22H24N4O4. The van der Waals surface area contributed by atoms with Gasteiger partial charge in [0.25, 0.3) is 0 Å². The maximum atomic E-state index is 6.35. The number of anilines is 1. The summed E-state index contributed by atoms with van der Waals surface area (Å²) >= 11 is 0. The van der Waals surface area contributed by atoms with Crippen LogP contribution in [-0.2, 0) is 33.3 Å². The quantitative estimate of drug-likeness (QED) is 0.710. The fourth-order valence-electron chi connectivity index (χ4n) is 4.63. The highest BCUT2D eigenvalue weighted by atomic mass is 16.6. The predicted molar refractivity (Wildman–Crippen MR) is 110 cm³/mol. The summed E-state index contributed by atoms with van der Waals surface area (Å²) < 4.78 is 25.7. The van der Waals surface area contributed by atoms with Crippen LogP contribution in [0.2, 0.25) is 0 Å². The normalized spacial score (nSPS) is 23.6. The Morgan fingerprint density at radius 2 is 2.13 bits per heavy atom. The molecule has 6 rings (SSSR count). The molecule has 3 aliphatic heterocycles. The van der Waals surface area contributed by atoms with Gasteiger partial charge in [-0.3, -0.25) is 0 Å². The molecule has 3 aromatic rings. The molecule has 3 aliphatic rings. The van der Waals surface area contributed by atoms with Crippen LogP contribution in [-0.4, -0.2) is 53.7 Å². The Bertz CT molecular complexity index is 1130. The highest BCUT2D eigenvalue weighted by molar-refractivity contribution is 5.96. The summed E-state index contributed by atoms with van der Waals surface area (Å²) in [5, 5.41) is 1.02. The third kappa shape index (κ3) is 2.71. The van der Waals surface area contributed by atoms with Gasteiger partial charge in [0.15, 0.2) is 0 Å². The molecule has 0 aromatic carbocycles. The van der Waals surface area contributed by atoms with Gasteiger partial charge in [-0.25, -0.2) is 9.97 Å². The molecule has 0 aliphatic carbocycles. The van der Waals surface area contributed by atoms with Gasteiger partial charge >= 0.3 is 0 Å². The minimum atomic E-state index is -0.497. The average Bonchev–Trinajstić information content (AvgIpc) is 3.30. The van der Waals surface area contributed by atoms with Crippen LogP contribution < -0.4 is 10.5 Å². The lowest BCUT2D eigenvalue weighted by Crippen LogP contribution is -2.40. The summed E-state index contributed by atoms with van der Waals surface area (Å²) in [4.78, 5) is 9.37. The zero-order chi connectivity index (χ0) is 20.3. The number of nitrogen functional groups attached to an aromatic ring is 1. The average molecular weight is 408 g/mol. The van der Waals surface area contributed by atoms with Crippen molar-refractivity contribution in [3.63, 3.8) is 0 Å². The van der Waals surface area contributed by atoms with Crippen molar-refractivity contribution in [1.29, 1.82) is 0 Å². The van der Waals surface area contributed by atoms with Crippen molar-refractivity contribution in [2.24, 2.45) is 7.05 Å². The van der Waals surface area contributed by atoms with Crippen molar-refractivity contribution in [3.05, 3.63) is 35.8 Å². The molecule has 0 saturated carbocycles. The van der Waals surface area contributed by atoms with Gasteiger partial charge in [-0.15, -0.1) is 0 Å². The Balaban J connectivity index is 1.56. The summed E-state index contributed by atoms with van der Waals surface area (Å²) in [5.74, 6) is 1.36. The molecule has 8 heteroatoms. The summed E-state index contributed by atoms with van der Waals surface area (Å²) in [7, 11) is 2.00. The van der Waals surface area contributed by atoms with E-state index in [0.717, 1.165) is 52.0 Å². The Hall–Kier alpha value is -2.68. The first-order valence-electron chi connectivity index (χ1n) is 10.3. The standard InChI is InChI=1S/C22H24N4O4/c1-26-9-16(15-6-20(23)24-8-18(15)26)17-7-19(30-13-10-28-11-13)14-2-4-29-22(21(14)25-17)3-5-27-12-22/h6-9,13H,2-5,10-12H2,1H3,(H2,23,24). The van der Waals surface area contributed by atoms with Gasteiger partial charge in [0, 0.05) is 55.3 Å². The van der Waals surface area contributed by atoms with E-state index >= 15 is 0 Å². The smallest absolute Gasteiger partial charge is 0.145 e. The van der Waals surface area contributed by atoms with E-state index in [4.69, 9.17) is 29.7 Å². The molecule has 1 atom stereocenters. The van der Waals surface area contributed by atoms with Gasteiger partial charge in [-0.05, 0) is 6.07 Å². The molecular weight excluding hydrogens is 384 g/mol. The molecule has 30 heavy (non-hydrogen) atoms. The Labute approximate surface area is 173 Å². The van der Waals surface area contributed by atoms with E-state index in [2.05, 4.69) is 17.2 Å². The van der Waals surface area contributed by atoms with E-state index in [-0.39, 0.29) is 6.10 Å². The summed E-state index contributed by atoms with van der Waals surface area (Å²) in [5.41, 5.74) is 10.4. The van der Waals surface area contributed by atoms with Crippen LogP contribution in [0.4, 0.5) is 5.82 Å². The molecule has 1 unspecified atom stereocenters. The van der Waals surface area contributed by atoms with E-state index in [1.807, 2.05) is 17.7 Å². The lowest BCUT2D eigenvalue weighted by molar-refractivity contribution is -0.0836. The minimum Gasteiger partial charge on any atom is -0.485 e. The molecule has 1 spiro atoms. The van der Waals surface area contributed by atoms with E-state index < -0.39 is 5.60 Å². The second-order valence-corrected chi connectivity index (χ2v) is 8.29. The van der Waals surface area contributed by atoms with Crippen LogP contribution >= 0.6 is 0 Å². The van der Waals surface area contributed by atoms with Crippen LogP contribution in [0.25, 0.3) is 22.2 Å². The lowest BCUT2D eigenvalue weighted by atomic mass is 9.89. The van der Waals surface area contributed by atoms with Crippen molar-refractivity contribution in [2.45, 2.75) is 24.5 Å². The predicted octanol–water partition coefficient (Wildman–Crippen LogP) is 2.18. The summed E-state index contributed by atoms with van der Waals surface area (Å²) in [6.45, 7) is 3.08. The Morgan fingerprint density at radius 3 is 2.90 bits per heavy atom. The second kappa shape index (κ2) is 6.66. The van der Waals surface area contributed by atoms with Gasteiger partial charge in [0.05, 0.1) is 49.5 Å². The molecule has 0 bridgehead atoms. The van der Waals surface area contributed by atoms with Gasteiger partial charge in [0.1, 0.15) is 23.3 Å². The van der Waals surface area contributed by atoms with Crippen molar-refractivity contribution in [3.8, 4) is 17.0 Å². The van der Waals surface area contributed by atoms with Crippen molar-refractivity contribution in [1.82, 2.24) is 14.5 Å². The number of ether oxygens (including phenoxy) is 4. The number of hydrogen-bond acceptors (Lipinski definition) is 7. The monoisotopic (exact) mass is 408 g/mol. The zero-order valence-electron chi connectivity index (χ0n) is 16.9. The van der Waals surface area contributed by atoms with Gasteiger partial charge < -0.3 is 29.2 Å². The lowest BCUT2D eigenvalue weighted by Gasteiger charge is -2.36. The van der Waals surface area contributed by atoms with Crippen LogP contribution in [0.5, 0.6) is 5.75 Å². The fraction of sp³-hybridized carbons (Fsp3) is 0.455. The first kappa shape index (κ1) is 18.1. The Morgan fingerprint density at radius 1 is 1.23 bits per heavy atom. The largest absolute Gasteiger partial charge is 0.485 e. The second-order valence-electron chi connectivity index (χ2n) is 8.29. The van der Waals surface area contributed by atoms with E-state index in [0.29, 0.717) is 38.9 Å². The molecule has 8 nitrogen and oxygen atoms in total. The number of hydrogen-bond donors (Lipinski definition) is 1. The van der Waals surface area contributed by atoms with Crippen molar-refractivity contribution < 1.29 is 18.9 Å². The number of nitrogens with two attached hydrogens (primary N) is 1. The van der Waals surface area contributed by atoms with Gasteiger partial charge in [0.2, 0.25) is 0 Å². The van der Waals surface area contributed by atoms with Crippen LogP contribution in [0.15, 0.2) is 24.5 Å². The topological polar surface area (TPSA) is 93.7 Å². The van der Waals surface area contributed by atoms with E-state index in [9.17, 15) is 0 Å². The molecule has 0 amide bonds. The highest BCUT2D eigenvalue weighted by Gasteiger charge is 2.44. The molecule has 2 N–H and O–H groups in total. The Kier molecular flexibility index (Phi) is 4.02. The van der Waals surface area contributed by atoms with Crippen LogP contribution in [0.1, 0.15) is 17.7 Å². The first-order valence-corrected chi connectivity index (χ1v) is 10.3. The SMILES string of the molecule is Cn1cc(-c2cc(OC3COC3)c3c(n2)C2(CCOC2)OCC3)c2cc(N)ncc21. The minimum absolute atomic E-state index is 0.0790. The summed E-state index contributed by atoms with van der Waals surface area (Å²) in [6, 6.07) is 3.95. The number of fused-ring (bicyclic) bond motifs is 3. The molecule has 0 radical (unpaired) electrons. The number of aryl methyl sites for hydroxylation is 1. The third-order valence-electron chi connectivity index (χ3n) is 6.30. The third-order valence-corrected chi connectivity index (χ3v) is 6.30. The number of nitrogens with zero attached hydrogens (tertiary/aromatic N) is 3. The summed E-state index contributed by atoms with van der Waals surface area (Å²) in [6.07, 6.45) is 5.52. The van der Waals surface area contributed by atoms with Crippen LogP contribution in [0, 0.1) is 0 Å².